The summed E-state index contributed by atoms with van der Waals surface area (Å²) in [6, 6.07) is 8.98. The zero-order chi connectivity index (χ0) is 20.9. The minimum absolute atomic E-state index is 0.355. The maximum atomic E-state index is 13.5. The lowest BCUT2D eigenvalue weighted by Crippen LogP contribution is -2.71. The Morgan fingerprint density at radius 3 is 2.62 bits per heavy atom. The first-order chi connectivity index (χ1) is 13.8. The van der Waals surface area contributed by atoms with Gasteiger partial charge >= 0.3 is 5.97 Å². The van der Waals surface area contributed by atoms with Gasteiger partial charge in [-0.1, -0.05) is 15.9 Å². The summed E-state index contributed by atoms with van der Waals surface area (Å²) in [5.74, 6) is -0.563. The predicted octanol–water partition coefficient (Wildman–Crippen LogP) is 3.93. The number of methoxy groups -OCH3 is 2. The summed E-state index contributed by atoms with van der Waals surface area (Å²) in [4.78, 5) is 14.5. The number of carbonyl (C=O) groups excluding carboxylic acids is 1. The van der Waals surface area contributed by atoms with Crippen LogP contribution in [0.5, 0.6) is 11.5 Å². The van der Waals surface area contributed by atoms with E-state index in [0.29, 0.717) is 22.3 Å². The third-order valence-corrected chi connectivity index (χ3v) is 6.05. The van der Waals surface area contributed by atoms with Gasteiger partial charge in [-0.05, 0) is 55.5 Å². The van der Waals surface area contributed by atoms with E-state index in [2.05, 4.69) is 21.2 Å². The van der Waals surface area contributed by atoms with E-state index in [-0.39, 0.29) is 5.82 Å². The van der Waals surface area contributed by atoms with Gasteiger partial charge in [-0.2, -0.15) is 0 Å². The Bertz CT molecular complexity index is 1000. The molecule has 1 fully saturated rings. The highest BCUT2D eigenvalue weighted by Gasteiger charge is 2.60. The highest BCUT2D eigenvalue weighted by molar-refractivity contribution is 9.10. The average Bonchev–Trinajstić information content (AvgIpc) is 2.68. The Morgan fingerprint density at radius 2 is 2.00 bits per heavy atom. The summed E-state index contributed by atoms with van der Waals surface area (Å²) < 4.78 is 31.3. The molecular weight excluding hydrogens is 463 g/mol. The number of hydrogen-bond acceptors (Lipinski definition) is 5. The van der Waals surface area contributed by atoms with Crippen LogP contribution in [0.2, 0.25) is 0 Å². The topological polar surface area (TPSA) is 60.0 Å². The average molecular weight is 481 g/mol. The lowest BCUT2D eigenvalue weighted by Gasteiger charge is -2.55. The minimum Gasteiger partial charge on any atom is -0.493 e. The Balaban J connectivity index is 1.94. The molecular formula is C20H18BrFN2O4S. The number of ether oxygens (including phenoxy) is 3. The first-order valence-electron chi connectivity index (χ1n) is 8.80. The smallest absolute Gasteiger partial charge is 0.317 e. The van der Waals surface area contributed by atoms with Crippen molar-refractivity contribution in [2.45, 2.75) is 18.7 Å². The van der Waals surface area contributed by atoms with Crippen LogP contribution < -0.4 is 19.7 Å². The maximum absolute atomic E-state index is 13.5. The summed E-state index contributed by atoms with van der Waals surface area (Å²) in [6.07, 6.45) is 0. The molecule has 0 aromatic heterocycles. The Kier molecular flexibility index (Phi) is 4.90. The molecule has 2 aromatic carbocycles. The van der Waals surface area contributed by atoms with Crippen LogP contribution in [0.4, 0.5) is 10.1 Å². The number of esters is 1. The monoisotopic (exact) mass is 480 g/mol. The second kappa shape index (κ2) is 7.14. The number of nitrogens with zero attached hydrogens (tertiary/aromatic N) is 1. The zero-order valence-electron chi connectivity index (χ0n) is 15.9. The maximum Gasteiger partial charge on any atom is 0.317 e. The van der Waals surface area contributed by atoms with E-state index in [4.69, 9.17) is 26.4 Å². The summed E-state index contributed by atoms with van der Waals surface area (Å²) in [7, 11) is 2.88. The molecule has 6 nitrogen and oxygen atoms in total. The number of halogens is 2. The molecule has 2 bridgehead atoms. The van der Waals surface area contributed by atoms with Crippen LogP contribution in [0.1, 0.15) is 18.5 Å². The van der Waals surface area contributed by atoms with Crippen LogP contribution in [0, 0.1) is 11.7 Å². The summed E-state index contributed by atoms with van der Waals surface area (Å²) in [5.41, 5.74) is 0.0787. The van der Waals surface area contributed by atoms with E-state index in [1.54, 1.807) is 37.1 Å². The molecule has 4 rings (SSSR count). The highest BCUT2D eigenvalue weighted by Crippen LogP contribution is 2.53. The number of anilines is 1. The van der Waals surface area contributed by atoms with Crippen molar-refractivity contribution < 1.29 is 23.4 Å². The number of rotatable bonds is 3. The molecule has 152 valence electrons. The molecule has 1 N–H and O–H groups in total. The van der Waals surface area contributed by atoms with Crippen molar-refractivity contribution in [3.8, 4) is 11.5 Å². The number of thiocarbonyl (C=S) groups is 1. The lowest BCUT2D eigenvalue weighted by molar-refractivity contribution is -0.157. The predicted molar refractivity (Wildman–Crippen MR) is 113 cm³/mol. The van der Waals surface area contributed by atoms with Crippen molar-refractivity contribution in [3.63, 3.8) is 0 Å². The van der Waals surface area contributed by atoms with Crippen molar-refractivity contribution in [1.29, 1.82) is 0 Å². The number of carbonyl (C=O) groups is 1. The van der Waals surface area contributed by atoms with E-state index < -0.39 is 23.7 Å². The van der Waals surface area contributed by atoms with Gasteiger partial charge in [-0.25, -0.2) is 4.39 Å². The molecule has 0 spiro atoms. The van der Waals surface area contributed by atoms with Gasteiger partial charge in [0, 0.05) is 15.7 Å². The van der Waals surface area contributed by atoms with E-state index in [0.717, 1.165) is 10.0 Å². The molecule has 2 aliphatic rings. The molecule has 0 aliphatic carbocycles. The standard InChI is InChI=1S/C20H18BrFN2O4S/c1-20-15(18(25)27-3)16(13-8-10(21)9-14(26-2)17(13)28-20)23-19(29)24(20)12-6-4-11(22)5-7-12/h4-9,15-16H,1-3H3,(H,23,29). The van der Waals surface area contributed by atoms with Crippen LogP contribution in [0.15, 0.2) is 40.9 Å². The first kappa shape index (κ1) is 19.9. The van der Waals surface area contributed by atoms with Gasteiger partial charge in [-0.3, -0.25) is 9.69 Å². The Labute approximate surface area is 181 Å². The second-order valence-electron chi connectivity index (χ2n) is 6.92. The number of nitrogens with one attached hydrogen (secondary N) is 1. The van der Waals surface area contributed by atoms with E-state index in [1.807, 2.05) is 6.07 Å². The molecule has 0 amide bonds. The van der Waals surface area contributed by atoms with Gasteiger partial charge in [0.05, 0.1) is 20.3 Å². The van der Waals surface area contributed by atoms with Crippen LogP contribution in [0.25, 0.3) is 0 Å². The van der Waals surface area contributed by atoms with Gasteiger partial charge in [0.15, 0.2) is 16.6 Å². The fraction of sp³-hybridized carbons (Fsp3) is 0.300. The second-order valence-corrected chi connectivity index (χ2v) is 8.23. The normalized spacial score (nSPS) is 24.9. The van der Waals surface area contributed by atoms with Gasteiger partial charge in [-0.15, -0.1) is 0 Å². The zero-order valence-corrected chi connectivity index (χ0v) is 18.3. The lowest BCUT2D eigenvalue weighted by atomic mass is 9.79. The van der Waals surface area contributed by atoms with E-state index in [9.17, 15) is 9.18 Å². The van der Waals surface area contributed by atoms with Crippen LogP contribution >= 0.6 is 28.1 Å². The molecule has 0 saturated carbocycles. The SMILES string of the molecule is COC(=O)C1C2NC(=S)N(c3ccc(F)cc3)C1(C)Oc1c(OC)cc(Br)cc12. The molecule has 29 heavy (non-hydrogen) atoms. The number of benzene rings is 2. The van der Waals surface area contributed by atoms with Gasteiger partial charge in [0.1, 0.15) is 11.7 Å². The van der Waals surface area contributed by atoms with E-state index in [1.165, 1.54) is 19.2 Å². The summed E-state index contributed by atoms with van der Waals surface area (Å²) in [5, 5.41) is 3.60. The van der Waals surface area contributed by atoms with E-state index >= 15 is 0 Å². The fourth-order valence-electron chi connectivity index (χ4n) is 4.03. The Hall–Kier alpha value is -2.39. The quantitative estimate of drug-likeness (QED) is 0.527. The molecule has 2 aromatic rings. The molecule has 0 radical (unpaired) electrons. The van der Waals surface area contributed by atoms with Crippen molar-refractivity contribution in [3.05, 3.63) is 52.3 Å². The molecule has 2 aliphatic heterocycles. The molecule has 3 unspecified atom stereocenters. The number of fused-ring (bicyclic) bond motifs is 4. The Morgan fingerprint density at radius 1 is 1.31 bits per heavy atom. The van der Waals surface area contributed by atoms with Crippen LogP contribution in [-0.2, 0) is 9.53 Å². The summed E-state index contributed by atoms with van der Waals surface area (Å²) >= 11 is 9.08. The first-order valence-corrected chi connectivity index (χ1v) is 10.0. The van der Waals surface area contributed by atoms with Crippen molar-refractivity contribution in [2.24, 2.45) is 5.92 Å². The summed E-state index contributed by atoms with van der Waals surface area (Å²) in [6.45, 7) is 1.77. The van der Waals surface area contributed by atoms with Crippen molar-refractivity contribution in [1.82, 2.24) is 5.32 Å². The van der Waals surface area contributed by atoms with Crippen LogP contribution in [-0.4, -0.2) is 31.0 Å². The van der Waals surface area contributed by atoms with Gasteiger partial charge in [0.25, 0.3) is 0 Å². The minimum atomic E-state index is -1.23. The van der Waals surface area contributed by atoms with Crippen LogP contribution in [0.3, 0.4) is 0 Å². The van der Waals surface area contributed by atoms with Crippen molar-refractivity contribution in [2.75, 3.05) is 19.1 Å². The molecule has 3 atom stereocenters. The van der Waals surface area contributed by atoms with Gasteiger partial charge in [0.2, 0.25) is 5.72 Å². The molecule has 1 saturated heterocycles. The number of hydrogen-bond donors (Lipinski definition) is 1. The molecule has 9 heteroatoms. The molecule has 2 heterocycles. The third kappa shape index (κ3) is 3.03. The largest absolute Gasteiger partial charge is 0.493 e. The fourth-order valence-corrected chi connectivity index (χ4v) is 4.90. The highest BCUT2D eigenvalue weighted by atomic mass is 79.9. The van der Waals surface area contributed by atoms with Crippen molar-refractivity contribution >= 4 is 44.9 Å². The van der Waals surface area contributed by atoms with Gasteiger partial charge < -0.3 is 19.5 Å². The third-order valence-electron chi connectivity index (χ3n) is 5.29.